The summed E-state index contributed by atoms with van der Waals surface area (Å²) in [6.07, 6.45) is 0. The molecule has 0 radical (unpaired) electrons. The van der Waals surface area contributed by atoms with Crippen LogP contribution in [-0.2, 0) is 4.74 Å². The van der Waals surface area contributed by atoms with Crippen LogP contribution in [0.25, 0.3) is 0 Å². The van der Waals surface area contributed by atoms with E-state index in [1.807, 2.05) is 11.8 Å². The average molecular weight is 211 g/mol. The number of hydrogen-bond donors (Lipinski definition) is 1. The molecular formula is C11H17NOS. The van der Waals surface area contributed by atoms with Gasteiger partial charge in [0, 0.05) is 17.2 Å². The summed E-state index contributed by atoms with van der Waals surface area (Å²) in [5, 5.41) is 0. The fraction of sp³-hybridized carbons (Fsp3) is 0.455. The lowest BCUT2D eigenvalue weighted by Crippen LogP contribution is -2.09. The van der Waals surface area contributed by atoms with Crippen LogP contribution in [0.4, 0.5) is 0 Å². The largest absolute Gasteiger partial charge is 0.379 e. The third-order valence-corrected chi connectivity index (χ3v) is 2.76. The van der Waals surface area contributed by atoms with Gasteiger partial charge in [-0.2, -0.15) is 0 Å². The Kier molecular flexibility index (Phi) is 5.68. The summed E-state index contributed by atoms with van der Waals surface area (Å²) in [5.41, 5.74) is 6.61. The van der Waals surface area contributed by atoms with E-state index in [2.05, 4.69) is 31.2 Å². The molecule has 0 aromatic heterocycles. The maximum absolute atomic E-state index is 5.31. The van der Waals surface area contributed by atoms with Crippen LogP contribution < -0.4 is 5.73 Å². The van der Waals surface area contributed by atoms with E-state index in [0.29, 0.717) is 13.2 Å². The Labute approximate surface area is 89.8 Å². The highest BCUT2D eigenvalue weighted by Crippen LogP contribution is 2.17. The topological polar surface area (TPSA) is 35.2 Å². The van der Waals surface area contributed by atoms with Crippen molar-refractivity contribution >= 4 is 11.8 Å². The summed E-state index contributed by atoms with van der Waals surface area (Å²) in [6, 6.07) is 8.54. The Bertz CT molecular complexity index is 248. The van der Waals surface area contributed by atoms with Crippen LogP contribution >= 0.6 is 11.8 Å². The molecule has 2 nitrogen and oxygen atoms in total. The van der Waals surface area contributed by atoms with Crippen molar-refractivity contribution in [2.45, 2.75) is 11.8 Å². The lowest BCUT2D eigenvalue weighted by molar-refractivity contribution is 0.158. The van der Waals surface area contributed by atoms with Crippen LogP contribution in [0.1, 0.15) is 5.56 Å². The first-order valence-electron chi connectivity index (χ1n) is 4.80. The minimum absolute atomic E-state index is 0.606. The highest BCUT2D eigenvalue weighted by molar-refractivity contribution is 7.99. The van der Waals surface area contributed by atoms with Crippen molar-refractivity contribution in [3.05, 3.63) is 29.8 Å². The van der Waals surface area contributed by atoms with Crippen molar-refractivity contribution < 1.29 is 4.74 Å². The smallest absolute Gasteiger partial charge is 0.0589 e. The maximum atomic E-state index is 5.31. The average Bonchev–Trinajstić information content (AvgIpc) is 2.21. The van der Waals surface area contributed by atoms with Gasteiger partial charge in [0.05, 0.1) is 13.2 Å². The van der Waals surface area contributed by atoms with Crippen molar-refractivity contribution in [2.24, 2.45) is 5.73 Å². The van der Waals surface area contributed by atoms with Gasteiger partial charge in [0.15, 0.2) is 0 Å². The monoisotopic (exact) mass is 211 g/mol. The van der Waals surface area contributed by atoms with Crippen molar-refractivity contribution in [1.29, 1.82) is 0 Å². The molecule has 0 fully saturated rings. The van der Waals surface area contributed by atoms with Gasteiger partial charge in [0.25, 0.3) is 0 Å². The lowest BCUT2D eigenvalue weighted by Gasteiger charge is -2.03. The van der Waals surface area contributed by atoms with E-state index in [1.54, 1.807) is 0 Å². The van der Waals surface area contributed by atoms with Gasteiger partial charge in [-0.25, -0.2) is 0 Å². The number of rotatable bonds is 6. The van der Waals surface area contributed by atoms with E-state index >= 15 is 0 Å². The van der Waals surface area contributed by atoms with Crippen LogP contribution in [0.3, 0.4) is 0 Å². The van der Waals surface area contributed by atoms with E-state index in [1.165, 1.54) is 10.5 Å². The molecule has 0 heterocycles. The van der Waals surface area contributed by atoms with Crippen LogP contribution in [-0.4, -0.2) is 25.5 Å². The highest BCUT2D eigenvalue weighted by atomic mass is 32.2. The number of nitrogens with two attached hydrogens (primary N) is 1. The van der Waals surface area contributed by atoms with E-state index in [9.17, 15) is 0 Å². The predicted molar refractivity (Wildman–Crippen MR) is 61.8 cm³/mol. The molecule has 0 aliphatic rings. The molecule has 1 rings (SSSR count). The van der Waals surface area contributed by atoms with E-state index in [-0.39, 0.29) is 0 Å². The number of hydrogen-bond acceptors (Lipinski definition) is 3. The van der Waals surface area contributed by atoms with Gasteiger partial charge in [-0.05, 0) is 19.1 Å². The van der Waals surface area contributed by atoms with Gasteiger partial charge in [0.2, 0.25) is 0 Å². The summed E-state index contributed by atoms with van der Waals surface area (Å²) in [4.78, 5) is 1.30. The first-order chi connectivity index (χ1) is 6.83. The number of benzene rings is 1. The number of aryl methyl sites for hydroxylation is 1. The van der Waals surface area contributed by atoms with Gasteiger partial charge < -0.3 is 10.5 Å². The molecule has 0 saturated carbocycles. The van der Waals surface area contributed by atoms with Gasteiger partial charge in [-0.15, -0.1) is 11.8 Å². The molecule has 14 heavy (non-hydrogen) atoms. The second-order valence-electron chi connectivity index (χ2n) is 3.06. The molecule has 0 aliphatic carbocycles. The zero-order valence-corrected chi connectivity index (χ0v) is 9.35. The van der Waals surface area contributed by atoms with Crippen LogP contribution in [0.2, 0.25) is 0 Å². The SMILES string of the molecule is Cc1ccc(SCCOCCN)cc1. The molecule has 3 heteroatoms. The predicted octanol–water partition coefficient (Wildman–Crippen LogP) is 2.06. The Morgan fingerprint density at radius 3 is 2.57 bits per heavy atom. The van der Waals surface area contributed by atoms with Crippen LogP contribution in [0, 0.1) is 6.92 Å². The van der Waals surface area contributed by atoms with Crippen molar-refractivity contribution in [3.8, 4) is 0 Å². The van der Waals surface area contributed by atoms with Gasteiger partial charge >= 0.3 is 0 Å². The van der Waals surface area contributed by atoms with Crippen LogP contribution in [0.15, 0.2) is 29.2 Å². The molecule has 0 aliphatic heterocycles. The van der Waals surface area contributed by atoms with Gasteiger partial charge in [0.1, 0.15) is 0 Å². The van der Waals surface area contributed by atoms with E-state index < -0.39 is 0 Å². The molecule has 0 spiro atoms. The fourth-order valence-electron chi connectivity index (χ4n) is 1.04. The van der Waals surface area contributed by atoms with Crippen molar-refractivity contribution in [1.82, 2.24) is 0 Å². The molecule has 1 aromatic carbocycles. The molecule has 0 saturated heterocycles. The minimum atomic E-state index is 0.606. The second-order valence-corrected chi connectivity index (χ2v) is 4.23. The van der Waals surface area contributed by atoms with E-state index in [4.69, 9.17) is 10.5 Å². The Morgan fingerprint density at radius 1 is 1.21 bits per heavy atom. The number of ether oxygens (including phenoxy) is 1. The van der Waals surface area contributed by atoms with Crippen molar-refractivity contribution in [2.75, 3.05) is 25.5 Å². The van der Waals surface area contributed by atoms with Crippen LogP contribution in [0.5, 0.6) is 0 Å². The molecule has 0 atom stereocenters. The Balaban J connectivity index is 2.15. The second kappa shape index (κ2) is 6.87. The zero-order valence-electron chi connectivity index (χ0n) is 8.53. The lowest BCUT2D eigenvalue weighted by atomic mass is 10.2. The normalized spacial score (nSPS) is 10.4. The quantitative estimate of drug-likeness (QED) is 0.578. The highest BCUT2D eigenvalue weighted by Gasteiger charge is 1.93. The maximum Gasteiger partial charge on any atom is 0.0589 e. The summed E-state index contributed by atoms with van der Waals surface area (Å²) in [7, 11) is 0. The first-order valence-corrected chi connectivity index (χ1v) is 5.79. The number of thioether (sulfide) groups is 1. The summed E-state index contributed by atoms with van der Waals surface area (Å²) < 4.78 is 5.28. The van der Waals surface area contributed by atoms with Gasteiger partial charge in [-0.3, -0.25) is 0 Å². The Hall–Kier alpha value is -0.510. The third kappa shape index (κ3) is 4.65. The molecule has 0 bridgehead atoms. The molecule has 2 N–H and O–H groups in total. The molecule has 0 unspecified atom stereocenters. The molecule has 78 valence electrons. The standard InChI is InChI=1S/C11H17NOS/c1-10-2-4-11(5-3-10)14-9-8-13-7-6-12/h2-5H,6-9,12H2,1H3. The summed E-state index contributed by atoms with van der Waals surface area (Å²) in [6.45, 7) is 4.14. The fourth-order valence-corrected chi connectivity index (χ4v) is 1.80. The zero-order chi connectivity index (χ0) is 10.2. The molecule has 0 amide bonds. The molecular weight excluding hydrogens is 194 g/mol. The summed E-state index contributed by atoms with van der Waals surface area (Å²) in [5.74, 6) is 0.989. The minimum Gasteiger partial charge on any atom is -0.379 e. The Morgan fingerprint density at radius 2 is 1.93 bits per heavy atom. The molecule has 1 aromatic rings. The van der Waals surface area contributed by atoms with Crippen molar-refractivity contribution in [3.63, 3.8) is 0 Å². The van der Waals surface area contributed by atoms with E-state index in [0.717, 1.165) is 12.4 Å². The third-order valence-electron chi connectivity index (χ3n) is 1.78. The van der Waals surface area contributed by atoms with Gasteiger partial charge in [-0.1, -0.05) is 17.7 Å². The summed E-state index contributed by atoms with van der Waals surface area (Å²) >= 11 is 1.81. The first kappa shape index (κ1) is 11.6.